The van der Waals surface area contributed by atoms with Gasteiger partial charge in [-0.25, -0.2) is 0 Å². The maximum Gasteiger partial charge on any atom is 0.303 e. The zero-order valence-electron chi connectivity index (χ0n) is 21.0. The number of rotatable bonds is 10. The number of hydrogen-bond acceptors (Lipinski definition) is 5. The van der Waals surface area contributed by atoms with Crippen LogP contribution in [0, 0.1) is 11.8 Å². The predicted molar refractivity (Wildman–Crippen MR) is 133 cm³/mol. The Morgan fingerprint density at radius 3 is 2.50 bits per heavy atom. The van der Waals surface area contributed by atoms with E-state index >= 15 is 0 Å². The number of hydrogen-bond donors (Lipinski definition) is 2. The van der Waals surface area contributed by atoms with E-state index in [1.807, 2.05) is 12.1 Å². The van der Waals surface area contributed by atoms with Crippen molar-refractivity contribution in [2.24, 2.45) is 11.8 Å². The van der Waals surface area contributed by atoms with Gasteiger partial charge in [-0.05, 0) is 87.3 Å². The second kappa shape index (κ2) is 11.8. The molecular formula is C29H44O5. The lowest BCUT2D eigenvalue weighted by atomic mass is 9.72. The van der Waals surface area contributed by atoms with E-state index in [9.17, 15) is 15.0 Å². The highest BCUT2D eigenvalue weighted by Crippen LogP contribution is 2.41. The van der Waals surface area contributed by atoms with E-state index in [-0.39, 0.29) is 17.8 Å². The lowest BCUT2D eigenvalue weighted by molar-refractivity contribution is -0.168. The number of aryl methyl sites for hydroxylation is 1. The van der Waals surface area contributed by atoms with E-state index < -0.39 is 11.7 Å². The third kappa shape index (κ3) is 6.90. The number of phenols is 1. The van der Waals surface area contributed by atoms with Gasteiger partial charge in [0, 0.05) is 13.3 Å². The highest BCUT2D eigenvalue weighted by Gasteiger charge is 2.42. The summed E-state index contributed by atoms with van der Waals surface area (Å²) < 4.78 is 11.9. The first-order valence-electron chi connectivity index (χ1n) is 13.8. The quantitative estimate of drug-likeness (QED) is 0.382. The van der Waals surface area contributed by atoms with Gasteiger partial charge >= 0.3 is 5.97 Å². The molecule has 4 rings (SSSR count). The van der Waals surface area contributed by atoms with E-state index in [1.165, 1.54) is 58.3 Å². The minimum Gasteiger partial charge on any atom is -0.504 e. The minimum atomic E-state index is -0.614. The molecule has 0 aliphatic heterocycles. The molecule has 0 heterocycles. The first kappa shape index (κ1) is 25.3. The van der Waals surface area contributed by atoms with E-state index in [0.717, 1.165) is 43.6 Å². The van der Waals surface area contributed by atoms with E-state index in [4.69, 9.17) is 9.47 Å². The molecule has 3 saturated carbocycles. The van der Waals surface area contributed by atoms with Crippen LogP contribution < -0.4 is 4.74 Å². The van der Waals surface area contributed by atoms with Crippen molar-refractivity contribution in [3.05, 3.63) is 23.8 Å². The zero-order valence-corrected chi connectivity index (χ0v) is 21.0. The monoisotopic (exact) mass is 472 g/mol. The first-order valence-corrected chi connectivity index (χ1v) is 13.8. The zero-order chi connectivity index (χ0) is 24.0. The predicted octanol–water partition coefficient (Wildman–Crippen LogP) is 6.47. The maximum atomic E-state index is 12.0. The lowest BCUT2D eigenvalue weighted by Gasteiger charge is -2.42. The Morgan fingerprint density at radius 2 is 1.79 bits per heavy atom. The standard InChI is InChI=1S/C29H44O5/c1-21(30)34-29(18-16-24(27(32)20-29)10-6-9-22-7-2-3-8-22)17-15-23-13-14-26(31)28(19-23)33-25-11-4-5-12-25/h13-14,19,22,24-25,27,31-32H,2-12,15-18,20H2,1H3/t24-,27-,29-/m1/s1. The second-order valence-electron chi connectivity index (χ2n) is 11.3. The smallest absolute Gasteiger partial charge is 0.303 e. The van der Waals surface area contributed by atoms with Crippen LogP contribution in [-0.2, 0) is 16.0 Å². The van der Waals surface area contributed by atoms with Gasteiger partial charge in [-0.3, -0.25) is 4.79 Å². The molecule has 3 fully saturated rings. The molecule has 3 aliphatic carbocycles. The summed E-state index contributed by atoms with van der Waals surface area (Å²) >= 11 is 0. The molecule has 5 heteroatoms. The molecule has 1 aromatic rings. The molecular weight excluding hydrogens is 428 g/mol. The molecule has 0 radical (unpaired) electrons. The Hall–Kier alpha value is -1.75. The Labute approximate surface area is 205 Å². The summed E-state index contributed by atoms with van der Waals surface area (Å²) in [6.07, 6.45) is 16.9. The van der Waals surface area contributed by atoms with E-state index in [2.05, 4.69) is 0 Å². The van der Waals surface area contributed by atoms with Gasteiger partial charge in [0.25, 0.3) is 0 Å². The van der Waals surface area contributed by atoms with Gasteiger partial charge in [0.15, 0.2) is 11.5 Å². The molecule has 5 nitrogen and oxygen atoms in total. The van der Waals surface area contributed by atoms with Gasteiger partial charge < -0.3 is 19.7 Å². The number of esters is 1. The van der Waals surface area contributed by atoms with Crippen molar-refractivity contribution in [1.29, 1.82) is 0 Å². The highest BCUT2D eigenvalue weighted by atomic mass is 16.6. The van der Waals surface area contributed by atoms with Gasteiger partial charge in [-0.15, -0.1) is 0 Å². The van der Waals surface area contributed by atoms with Crippen LogP contribution in [0.3, 0.4) is 0 Å². The number of benzene rings is 1. The van der Waals surface area contributed by atoms with Crippen molar-refractivity contribution in [2.45, 2.75) is 127 Å². The lowest BCUT2D eigenvalue weighted by Crippen LogP contribution is -2.45. The average Bonchev–Trinajstić information content (AvgIpc) is 3.50. The van der Waals surface area contributed by atoms with Gasteiger partial charge in [0.2, 0.25) is 0 Å². The van der Waals surface area contributed by atoms with Gasteiger partial charge in [0.05, 0.1) is 12.2 Å². The number of aromatic hydroxyl groups is 1. The van der Waals surface area contributed by atoms with Crippen molar-refractivity contribution < 1.29 is 24.5 Å². The fraction of sp³-hybridized carbons (Fsp3) is 0.759. The summed E-state index contributed by atoms with van der Waals surface area (Å²) in [6.45, 7) is 1.47. The van der Waals surface area contributed by atoms with Crippen LogP contribution >= 0.6 is 0 Å². The molecule has 0 bridgehead atoms. The van der Waals surface area contributed by atoms with Crippen molar-refractivity contribution >= 4 is 5.97 Å². The molecule has 3 aliphatic rings. The van der Waals surface area contributed by atoms with E-state index in [1.54, 1.807) is 6.07 Å². The Kier molecular flexibility index (Phi) is 8.79. The Bertz CT molecular complexity index is 796. The first-order chi connectivity index (χ1) is 16.4. The van der Waals surface area contributed by atoms with Crippen LogP contribution in [0.2, 0.25) is 0 Å². The van der Waals surface area contributed by atoms with Gasteiger partial charge in [0.1, 0.15) is 5.60 Å². The maximum absolute atomic E-state index is 12.0. The summed E-state index contributed by atoms with van der Waals surface area (Å²) in [4.78, 5) is 12.0. The fourth-order valence-corrected chi connectivity index (χ4v) is 6.64. The van der Waals surface area contributed by atoms with E-state index in [0.29, 0.717) is 30.9 Å². The minimum absolute atomic E-state index is 0.180. The van der Waals surface area contributed by atoms with Crippen LogP contribution in [0.15, 0.2) is 18.2 Å². The van der Waals surface area contributed by atoms with Crippen molar-refractivity contribution in [3.63, 3.8) is 0 Å². The van der Waals surface area contributed by atoms with Crippen LogP contribution in [0.25, 0.3) is 0 Å². The number of ether oxygens (including phenoxy) is 2. The number of aliphatic hydroxyl groups is 1. The third-order valence-electron chi connectivity index (χ3n) is 8.61. The van der Waals surface area contributed by atoms with Crippen LogP contribution in [-0.4, -0.2) is 34.0 Å². The normalized spacial score (nSPS) is 28.3. The van der Waals surface area contributed by atoms with Crippen LogP contribution in [0.1, 0.15) is 109 Å². The Morgan fingerprint density at radius 1 is 1.06 bits per heavy atom. The topological polar surface area (TPSA) is 76.0 Å². The molecule has 0 saturated heterocycles. The summed E-state index contributed by atoms with van der Waals surface area (Å²) in [5.41, 5.74) is 0.447. The molecule has 0 unspecified atom stereocenters. The number of aliphatic hydroxyl groups excluding tert-OH is 1. The Balaban J connectivity index is 1.33. The fourth-order valence-electron chi connectivity index (χ4n) is 6.64. The molecule has 0 aromatic heterocycles. The van der Waals surface area contributed by atoms with Gasteiger partial charge in [-0.2, -0.15) is 0 Å². The summed E-state index contributed by atoms with van der Waals surface area (Å²) in [5.74, 6) is 1.66. The molecule has 1 aromatic carbocycles. The van der Waals surface area contributed by atoms with Crippen LogP contribution in [0.4, 0.5) is 0 Å². The summed E-state index contributed by atoms with van der Waals surface area (Å²) in [7, 11) is 0. The molecule has 2 N–H and O–H groups in total. The molecule has 34 heavy (non-hydrogen) atoms. The number of phenolic OH excluding ortho intramolecular Hbond substituents is 1. The largest absolute Gasteiger partial charge is 0.504 e. The molecule has 3 atom stereocenters. The summed E-state index contributed by atoms with van der Waals surface area (Å²) in [5, 5.41) is 21.3. The summed E-state index contributed by atoms with van der Waals surface area (Å²) in [6, 6.07) is 5.55. The number of carbonyl (C=O) groups excluding carboxylic acids is 1. The van der Waals surface area contributed by atoms with Crippen LogP contribution in [0.5, 0.6) is 11.5 Å². The molecule has 0 amide bonds. The average molecular weight is 473 g/mol. The molecule has 0 spiro atoms. The highest BCUT2D eigenvalue weighted by molar-refractivity contribution is 5.66. The van der Waals surface area contributed by atoms with Crippen molar-refractivity contribution in [3.8, 4) is 11.5 Å². The number of carbonyl (C=O) groups is 1. The second-order valence-corrected chi connectivity index (χ2v) is 11.3. The van der Waals surface area contributed by atoms with Crippen molar-refractivity contribution in [2.75, 3.05) is 0 Å². The molecule has 190 valence electrons. The SMILES string of the molecule is CC(=O)O[C@]1(CCc2ccc(O)c(OC3CCCC3)c2)CC[C@@H](CCCC2CCCC2)[C@H](O)C1. The van der Waals surface area contributed by atoms with Gasteiger partial charge in [-0.1, -0.05) is 44.6 Å². The third-order valence-corrected chi connectivity index (χ3v) is 8.61. The van der Waals surface area contributed by atoms with Crippen molar-refractivity contribution in [1.82, 2.24) is 0 Å².